The summed E-state index contributed by atoms with van der Waals surface area (Å²) in [6.07, 6.45) is -1.91. The standard InChI is InChI=1S/C17H10BrF3N6/c18-11-3-5-12(6-4-11)24-16-26-25-14-8-10(9-23-27(14)16)15-13(17(19,20)21)2-1-7-22-15/h1-9H,(H,24,26). The molecule has 0 aliphatic carbocycles. The van der Waals surface area contributed by atoms with Crippen LogP contribution in [0.2, 0.25) is 0 Å². The fourth-order valence-corrected chi connectivity index (χ4v) is 2.79. The maximum atomic E-state index is 13.2. The molecule has 3 heterocycles. The zero-order valence-corrected chi connectivity index (χ0v) is 15.0. The number of benzene rings is 1. The first-order chi connectivity index (χ1) is 12.9. The number of hydrogen-bond donors (Lipinski definition) is 1. The van der Waals surface area contributed by atoms with Crippen molar-refractivity contribution in [2.24, 2.45) is 0 Å². The van der Waals surface area contributed by atoms with E-state index in [1.807, 2.05) is 24.3 Å². The van der Waals surface area contributed by atoms with Gasteiger partial charge < -0.3 is 5.32 Å². The third-order valence-corrected chi connectivity index (χ3v) is 4.28. The highest BCUT2D eigenvalue weighted by Gasteiger charge is 2.34. The van der Waals surface area contributed by atoms with Crippen molar-refractivity contribution in [3.8, 4) is 11.3 Å². The molecular weight excluding hydrogens is 425 g/mol. The van der Waals surface area contributed by atoms with Crippen LogP contribution in [0.5, 0.6) is 0 Å². The van der Waals surface area contributed by atoms with Gasteiger partial charge in [0, 0.05) is 21.9 Å². The van der Waals surface area contributed by atoms with Crippen molar-refractivity contribution in [2.45, 2.75) is 6.18 Å². The molecular formula is C17H10BrF3N6. The number of halogens is 4. The van der Waals surface area contributed by atoms with E-state index in [0.29, 0.717) is 11.6 Å². The Hall–Kier alpha value is -3.01. The Balaban J connectivity index is 1.72. The number of anilines is 2. The van der Waals surface area contributed by atoms with Crippen LogP contribution in [0.3, 0.4) is 0 Å². The normalized spacial score (nSPS) is 11.7. The lowest BCUT2D eigenvalue weighted by Gasteiger charge is -2.11. The van der Waals surface area contributed by atoms with Gasteiger partial charge in [0.25, 0.3) is 0 Å². The quantitative estimate of drug-likeness (QED) is 0.505. The summed E-state index contributed by atoms with van der Waals surface area (Å²) < 4.78 is 42.0. The van der Waals surface area contributed by atoms with E-state index >= 15 is 0 Å². The van der Waals surface area contributed by atoms with Gasteiger partial charge in [0.2, 0.25) is 5.95 Å². The Morgan fingerprint density at radius 2 is 1.81 bits per heavy atom. The van der Waals surface area contributed by atoms with Gasteiger partial charge in [-0.25, -0.2) is 0 Å². The Labute approximate surface area is 159 Å². The first kappa shape index (κ1) is 17.4. The summed E-state index contributed by atoms with van der Waals surface area (Å²) in [6.45, 7) is 0. The molecule has 0 aliphatic rings. The number of hydrogen-bond acceptors (Lipinski definition) is 5. The van der Waals surface area contributed by atoms with Crippen molar-refractivity contribution < 1.29 is 13.2 Å². The first-order valence-corrected chi connectivity index (χ1v) is 8.48. The van der Waals surface area contributed by atoms with E-state index in [-0.39, 0.29) is 11.3 Å². The minimum absolute atomic E-state index is 0.203. The molecule has 0 aliphatic heterocycles. The van der Waals surface area contributed by atoms with Gasteiger partial charge in [-0.15, -0.1) is 10.2 Å². The Morgan fingerprint density at radius 3 is 2.56 bits per heavy atom. The molecule has 3 aromatic heterocycles. The SMILES string of the molecule is FC(F)(F)c1cccnc1-c1cnn2c(Nc3ccc(Br)cc3)nnc2c1. The summed E-state index contributed by atoms with van der Waals surface area (Å²) in [4.78, 5) is 3.87. The highest BCUT2D eigenvalue weighted by Crippen LogP contribution is 2.35. The van der Waals surface area contributed by atoms with Crippen LogP contribution in [0, 0.1) is 0 Å². The van der Waals surface area contributed by atoms with Gasteiger partial charge in [-0.05, 0) is 42.5 Å². The Bertz CT molecular complexity index is 1110. The molecule has 0 atom stereocenters. The van der Waals surface area contributed by atoms with Gasteiger partial charge in [-0.1, -0.05) is 15.9 Å². The molecule has 0 fully saturated rings. The summed E-state index contributed by atoms with van der Waals surface area (Å²) in [5.74, 6) is 0.343. The highest BCUT2D eigenvalue weighted by molar-refractivity contribution is 9.10. The lowest BCUT2D eigenvalue weighted by atomic mass is 10.1. The minimum Gasteiger partial charge on any atom is -0.323 e. The Kier molecular flexibility index (Phi) is 4.27. The number of fused-ring (bicyclic) bond motifs is 1. The van der Waals surface area contributed by atoms with E-state index in [1.54, 1.807) is 0 Å². The van der Waals surface area contributed by atoms with Crippen molar-refractivity contribution >= 4 is 33.2 Å². The molecule has 1 N–H and O–H groups in total. The number of alkyl halides is 3. The second kappa shape index (κ2) is 6.62. The smallest absolute Gasteiger partial charge is 0.323 e. The van der Waals surface area contributed by atoms with Crippen LogP contribution in [0.25, 0.3) is 16.9 Å². The average molecular weight is 435 g/mol. The van der Waals surface area contributed by atoms with E-state index in [1.165, 1.54) is 29.0 Å². The predicted octanol–water partition coefficient (Wildman–Crippen LogP) is 4.71. The molecule has 1 aromatic carbocycles. The monoisotopic (exact) mass is 434 g/mol. The molecule has 4 rings (SSSR count). The number of pyridine rings is 1. The molecule has 0 radical (unpaired) electrons. The lowest BCUT2D eigenvalue weighted by molar-refractivity contribution is -0.137. The van der Waals surface area contributed by atoms with Crippen molar-refractivity contribution in [2.75, 3.05) is 5.32 Å². The van der Waals surface area contributed by atoms with Crippen molar-refractivity contribution in [1.29, 1.82) is 0 Å². The number of nitrogens with one attached hydrogen (secondary N) is 1. The average Bonchev–Trinajstić information content (AvgIpc) is 3.05. The van der Waals surface area contributed by atoms with Gasteiger partial charge in [-0.2, -0.15) is 22.8 Å². The van der Waals surface area contributed by atoms with Crippen molar-refractivity contribution in [1.82, 2.24) is 24.8 Å². The van der Waals surface area contributed by atoms with Crippen LogP contribution in [-0.4, -0.2) is 24.8 Å². The van der Waals surface area contributed by atoms with Crippen LogP contribution in [-0.2, 0) is 6.18 Å². The second-order valence-electron chi connectivity index (χ2n) is 5.57. The van der Waals surface area contributed by atoms with E-state index in [0.717, 1.165) is 16.2 Å². The van der Waals surface area contributed by atoms with Gasteiger partial charge >= 0.3 is 6.18 Å². The van der Waals surface area contributed by atoms with Crippen molar-refractivity contribution in [3.63, 3.8) is 0 Å². The molecule has 0 saturated carbocycles. The molecule has 136 valence electrons. The molecule has 6 nitrogen and oxygen atoms in total. The highest BCUT2D eigenvalue weighted by atomic mass is 79.9. The third kappa shape index (κ3) is 3.47. The maximum absolute atomic E-state index is 13.2. The summed E-state index contributed by atoms with van der Waals surface area (Å²) in [5.41, 5.74) is 0.237. The third-order valence-electron chi connectivity index (χ3n) is 3.75. The molecule has 0 saturated heterocycles. The van der Waals surface area contributed by atoms with Gasteiger partial charge in [0.05, 0.1) is 17.5 Å². The zero-order chi connectivity index (χ0) is 19.0. The lowest BCUT2D eigenvalue weighted by Crippen LogP contribution is -2.08. The van der Waals surface area contributed by atoms with Crippen LogP contribution in [0.15, 0.2) is 59.3 Å². The fourth-order valence-electron chi connectivity index (χ4n) is 2.53. The number of rotatable bonds is 3. The summed E-state index contributed by atoms with van der Waals surface area (Å²) in [6, 6.07) is 11.1. The fraction of sp³-hybridized carbons (Fsp3) is 0.0588. The molecule has 0 unspecified atom stereocenters. The minimum atomic E-state index is -4.52. The summed E-state index contributed by atoms with van der Waals surface area (Å²) in [5, 5.41) is 15.2. The molecule has 0 amide bonds. The van der Waals surface area contributed by atoms with Gasteiger partial charge in [0.15, 0.2) is 5.65 Å². The largest absolute Gasteiger partial charge is 0.418 e. The van der Waals surface area contributed by atoms with E-state index in [9.17, 15) is 13.2 Å². The summed E-state index contributed by atoms with van der Waals surface area (Å²) >= 11 is 3.35. The van der Waals surface area contributed by atoms with E-state index in [2.05, 4.69) is 41.5 Å². The molecule has 27 heavy (non-hydrogen) atoms. The first-order valence-electron chi connectivity index (χ1n) is 7.68. The van der Waals surface area contributed by atoms with Gasteiger partial charge in [0.1, 0.15) is 0 Å². The van der Waals surface area contributed by atoms with Crippen molar-refractivity contribution in [3.05, 3.63) is 64.9 Å². The topological polar surface area (TPSA) is 68.0 Å². The molecule has 10 heteroatoms. The predicted molar refractivity (Wildman–Crippen MR) is 96.4 cm³/mol. The van der Waals surface area contributed by atoms with Crippen LogP contribution >= 0.6 is 15.9 Å². The Morgan fingerprint density at radius 1 is 1.04 bits per heavy atom. The van der Waals surface area contributed by atoms with Crippen LogP contribution in [0.1, 0.15) is 5.56 Å². The summed E-state index contributed by atoms with van der Waals surface area (Å²) in [7, 11) is 0. The molecule has 0 spiro atoms. The van der Waals surface area contributed by atoms with E-state index in [4.69, 9.17) is 0 Å². The number of aromatic nitrogens is 5. The maximum Gasteiger partial charge on any atom is 0.418 e. The van der Waals surface area contributed by atoms with E-state index < -0.39 is 11.7 Å². The van der Waals surface area contributed by atoms with Gasteiger partial charge in [-0.3, -0.25) is 4.98 Å². The molecule has 4 aromatic rings. The number of nitrogens with zero attached hydrogens (tertiary/aromatic N) is 5. The second-order valence-corrected chi connectivity index (χ2v) is 6.48. The van der Waals surface area contributed by atoms with Crippen LogP contribution < -0.4 is 5.32 Å². The van der Waals surface area contributed by atoms with Crippen LogP contribution in [0.4, 0.5) is 24.8 Å². The zero-order valence-electron chi connectivity index (χ0n) is 13.4. The molecule has 0 bridgehead atoms.